The minimum atomic E-state index is -4.31. The van der Waals surface area contributed by atoms with Crippen LogP contribution in [0.15, 0.2) is 17.0 Å². The molecule has 0 fully saturated rings. The number of hydrogen-bond donors (Lipinski definition) is 2. The van der Waals surface area contributed by atoms with Crippen molar-refractivity contribution in [1.82, 2.24) is 9.36 Å². The maximum atomic E-state index is 13.5. The maximum absolute atomic E-state index is 13.5. The summed E-state index contributed by atoms with van der Waals surface area (Å²) in [4.78, 5) is 2.89. The SMILES string of the molecule is Cc1nsc(NS(=O)(=O)c2cc(N)cc(F)c2F)n1. The second-order valence-corrected chi connectivity index (χ2v) is 5.97. The van der Waals surface area contributed by atoms with Crippen molar-refractivity contribution >= 4 is 32.4 Å². The molecule has 2 rings (SSSR count). The zero-order chi connectivity index (χ0) is 14.2. The standard InChI is InChI=1S/C9H8F2N4O2S2/c1-4-13-9(18-14-4)15-19(16,17)7-3-5(12)2-6(10)8(7)11/h2-3H,12H2,1H3,(H,13,14,15). The molecule has 10 heteroatoms. The summed E-state index contributed by atoms with van der Waals surface area (Å²) in [5.41, 5.74) is 5.10. The van der Waals surface area contributed by atoms with Crippen molar-refractivity contribution in [3.05, 3.63) is 29.6 Å². The quantitative estimate of drug-likeness (QED) is 0.838. The van der Waals surface area contributed by atoms with Crippen molar-refractivity contribution < 1.29 is 17.2 Å². The van der Waals surface area contributed by atoms with Crippen LogP contribution in [0.1, 0.15) is 5.82 Å². The summed E-state index contributed by atoms with van der Waals surface area (Å²) in [6, 6.07) is 1.53. The molecule has 0 atom stereocenters. The predicted octanol–water partition coefficient (Wildman–Crippen LogP) is 1.51. The van der Waals surface area contributed by atoms with Gasteiger partial charge in [0.25, 0.3) is 10.0 Å². The Hall–Kier alpha value is -1.81. The van der Waals surface area contributed by atoms with E-state index in [9.17, 15) is 17.2 Å². The maximum Gasteiger partial charge on any atom is 0.266 e. The van der Waals surface area contributed by atoms with E-state index in [2.05, 4.69) is 9.36 Å². The highest BCUT2D eigenvalue weighted by atomic mass is 32.2. The number of aromatic nitrogens is 2. The summed E-state index contributed by atoms with van der Waals surface area (Å²) in [7, 11) is -4.31. The van der Waals surface area contributed by atoms with Crippen LogP contribution in [-0.4, -0.2) is 17.8 Å². The molecular formula is C9H8F2N4O2S2. The molecule has 0 radical (unpaired) electrons. The molecule has 0 unspecified atom stereocenters. The topological polar surface area (TPSA) is 98.0 Å². The smallest absolute Gasteiger partial charge is 0.266 e. The Morgan fingerprint density at radius 3 is 2.63 bits per heavy atom. The molecular weight excluding hydrogens is 298 g/mol. The molecule has 0 saturated heterocycles. The number of halogens is 2. The van der Waals surface area contributed by atoms with Gasteiger partial charge in [0.05, 0.1) is 0 Å². The highest BCUT2D eigenvalue weighted by molar-refractivity contribution is 7.93. The molecule has 102 valence electrons. The Labute approximate surface area is 111 Å². The number of nitrogens with two attached hydrogens (primary N) is 1. The van der Waals surface area contributed by atoms with Gasteiger partial charge in [0, 0.05) is 17.2 Å². The lowest BCUT2D eigenvalue weighted by molar-refractivity contribution is 0.486. The normalized spacial score (nSPS) is 11.5. The first-order valence-electron chi connectivity index (χ1n) is 4.87. The number of aryl methyl sites for hydroxylation is 1. The summed E-state index contributed by atoms with van der Waals surface area (Å²) in [5, 5.41) is -0.0419. The molecule has 0 amide bonds. The molecule has 0 spiro atoms. The van der Waals surface area contributed by atoms with E-state index in [1.54, 1.807) is 6.92 Å². The van der Waals surface area contributed by atoms with Gasteiger partial charge in [-0.05, 0) is 19.1 Å². The zero-order valence-corrected chi connectivity index (χ0v) is 11.1. The van der Waals surface area contributed by atoms with Crippen molar-refractivity contribution in [1.29, 1.82) is 0 Å². The minimum absolute atomic E-state index is 0.0419. The molecule has 0 bridgehead atoms. The lowest BCUT2D eigenvalue weighted by Crippen LogP contribution is -2.15. The molecule has 0 aliphatic heterocycles. The largest absolute Gasteiger partial charge is 0.399 e. The molecule has 0 aliphatic carbocycles. The zero-order valence-electron chi connectivity index (χ0n) is 9.52. The molecule has 1 aromatic carbocycles. The van der Waals surface area contributed by atoms with E-state index in [0.29, 0.717) is 11.9 Å². The van der Waals surface area contributed by atoms with Gasteiger partial charge in [0.2, 0.25) is 5.13 Å². The molecule has 19 heavy (non-hydrogen) atoms. The number of nitrogens with zero attached hydrogens (tertiary/aromatic N) is 2. The van der Waals surface area contributed by atoms with Crippen molar-refractivity contribution in [2.45, 2.75) is 11.8 Å². The van der Waals surface area contributed by atoms with Crippen LogP contribution in [0.3, 0.4) is 0 Å². The predicted molar refractivity (Wildman–Crippen MR) is 66.2 cm³/mol. The average Bonchev–Trinajstić information content (AvgIpc) is 2.68. The van der Waals surface area contributed by atoms with E-state index in [-0.39, 0.29) is 10.8 Å². The van der Waals surface area contributed by atoms with E-state index in [1.807, 2.05) is 4.72 Å². The van der Waals surface area contributed by atoms with Gasteiger partial charge in [0.1, 0.15) is 10.7 Å². The number of hydrogen-bond acceptors (Lipinski definition) is 6. The third-order valence-electron chi connectivity index (χ3n) is 2.06. The fraction of sp³-hybridized carbons (Fsp3) is 0.111. The number of nitrogen functional groups attached to an aromatic ring is 1. The van der Waals surface area contributed by atoms with E-state index in [4.69, 9.17) is 5.73 Å². The first-order valence-corrected chi connectivity index (χ1v) is 7.13. The summed E-state index contributed by atoms with van der Waals surface area (Å²) in [5.74, 6) is -2.47. The van der Waals surface area contributed by atoms with Crippen LogP contribution in [0.4, 0.5) is 19.6 Å². The Kier molecular flexibility index (Phi) is 3.37. The van der Waals surface area contributed by atoms with Gasteiger partial charge in [-0.15, -0.1) is 0 Å². The minimum Gasteiger partial charge on any atom is -0.399 e. The van der Waals surface area contributed by atoms with Gasteiger partial charge in [-0.2, -0.15) is 4.37 Å². The van der Waals surface area contributed by atoms with Crippen LogP contribution >= 0.6 is 11.5 Å². The Morgan fingerprint density at radius 2 is 2.05 bits per heavy atom. The second-order valence-electron chi connectivity index (χ2n) is 3.57. The highest BCUT2D eigenvalue weighted by Crippen LogP contribution is 2.24. The molecule has 2 aromatic rings. The van der Waals surface area contributed by atoms with Gasteiger partial charge >= 0.3 is 0 Å². The number of rotatable bonds is 3. The van der Waals surface area contributed by atoms with Gasteiger partial charge in [-0.3, -0.25) is 4.72 Å². The lowest BCUT2D eigenvalue weighted by Gasteiger charge is -2.07. The van der Waals surface area contributed by atoms with E-state index in [1.165, 1.54) is 0 Å². The third kappa shape index (κ3) is 2.79. The van der Waals surface area contributed by atoms with Crippen molar-refractivity contribution in [2.24, 2.45) is 0 Å². The summed E-state index contributed by atoms with van der Waals surface area (Å²) >= 11 is 0.786. The van der Waals surface area contributed by atoms with Gasteiger partial charge in [0.15, 0.2) is 11.6 Å². The second kappa shape index (κ2) is 4.70. The van der Waals surface area contributed by atoms with Crippen LogP contribution in [0.2, 0.25) is 0 Å². The Balaban J connectivity index is 2.45. The van der Waals surface area contributed by atoms with Gasteiger partial charge in [-0.1, -0.05) is 0 Å². The summed E-state index contributed by atoms with van der Waals surface area (Å²) < 4.78 is 56.2. The summed E-state index contributed by atoms with van der Waals surface area (Å²) in [6.07, 6.45) is 0. The number of nitrogens with one attached hydrogen (secondary N) is 1. The number of anilines is 2. The molecule has 0 aliphatic rings. The van der Waals surface area contributed by atoms with Crippen molar-refractivity contribution in [3.63, 3.8) is 0 Å². The first kappa shape index (κ1) is 13.6. The fourth-order valence-electron chi connectivity index (χ4n) is 1.29. The highest BCUT2D eigenvalue weighted by Gasteiger charge is 2.24. The van der Waals surface area contributed by atoms with Crippen LogP contribution in [0, 0.1) is 18.6 Å². The monoisotopic (exact) mass is 306 g/mol. The summed E-state index contributed by atoms with van der Waals surface area (Å²) in [6.45, 7) is 1.56. The molecule has 6 nitrogen and oxygen atoms in total. The van der Waals surface area contributed by atoms with Crippen molar-refractivity contribution in [2.75, 3.05) is 10.5 Å². The molecule has 1 aromatic heterocycles. The number of benzene rings is 1. The van der Waals surface area contributed by atoms with Gasteiger partial charge in [-0.25, -0.2) is 22.2 Å². The van der Waals surface area contributed by atoms with E-state index < -0.39 is 26.6 Å². The average molecular weight is 306 g/mol. The first-order chi connectivity index (χ1) is 8.79. The third-order valence-corrected chi connectivity index (χ3v) is 4.25. The van der Waals surface area contributed by atoms with Crippen molar-refractivity contribution in [3.8, 4) is 0 Å². The Morgan fingerprint density at radius 1 is 1.37 bits per heavy atom. The van der Waals surface area contributed by atoms with Gasteiger partial charge < -0.3 is 5.73 Å². The lowest BCUT2D eigenvalue weighted by atomic mass is 10.3. The Bertz CT molecular complexity index is 730. The molecule has 0 saturated carbocycles. The van der Waals surface area contributed by atoms with Crippen LogP contribution in [-0.2, 0) is 10.0 Å². The molecule has 1 heterocycles. The van der Waals surface area contributed by atoms with E-state index >= 15 is 0 Å². The fourth-order valence-corrected chi connectivity index (χ4v) is 3.21. The molecule has 3 N–H and O–H groups in total. The van der Waals surface area contributed by atoms with Crippen LogP contribution in [0.5, 0.6) is 0 Å². The van der Waals surface area contributed by atoms with Crippen LogP contribution < -0.4 is 10.5 Å². The van der Waals surface area contributed by atoms with Crippen LogP contribution in [0.25, 0.3) is 0 Å². The van der Waals surface area contributed by atoms with E-state index in [0.717, 1.165) is 17.6 Å². The number of sulfonamides is 1.